The molecular formula is C19H23F3N2O3S. The van der Waals surface area contributed by atoms with Crippen LogP contribution in [-0.4, -0.2) is 40.8 Å². The Morgan fingerprint density at radius 3 is 2.86 bits per heavy atom. The second-order valence-corrected chi connectivity index (χ2v) is 8.21. The number of aliphatic hydroxyl groups is 1. The van der Waals surface area contributed by atoms with Gasteiger partial charge in [0.2, 0.25) is 5.76 Å². The Kier molecular flexibility index (Phi) is 6.44. The van der Waals surface area contributed by atoms with Gasteiger partial charge < -0.3 is 14.5 Å². The zero-order valence-electron chi connectivity index (χ0n) is 15.6. The third-order valence-electron chi connectivity index (χ3n) is 5.06. The molecule has 154 valence electrons. The number of alkyl halides is 3. The number of hydrogen-bond donors (Lipinski definition) is 1. The van der Waals surface area contributed by atoms with E-state index < -0.39 is 11.9 Å². The smallest absolute Gasteiger partial charge is 0.396 e. The molecule has 1 fully saturated rings. The van der Waals surface area contributed by atoms with Crippen molar-refractivity contribution in [3.8, 4) is 10.6 Å². The van der Waals surface area contributed by atoms with Gasteiger partial charge in [0.1, 0.15) is 5.69 Å². The van der Waals surface area contributed by atoms with Gasteiger partial charge in [-0.2, -0.15) is 13.2 Å². The number of rotatable bonds is 6. The lowest BCUT2D eigenvalue weighted by Gasteiger charge is -2.32. The maximum Gasteiger partial charge on any atom is 0.452 e. The Balaban J connectivity index is 1.70. The summed E-state index contributed by atoms with van der Waals surface area (Å²) >= 11 is 1.13. The van der Waals surface area contributed by atoms with E-state index in [9.17, 15) is 18.0 Å². The second-order valence-electron chi connectivity index (χ2n) is 7.13. The number of hydrogen-bond acceptors (Lipinski definition) is 5. The number of likely N-dealkylation sites (tertiary alicyclic amines) is 1. The molecular weight excluding hydrogens is 393 g/mol. The third kappa shape index (κ3) is 4.57. The number of aliphatic hydroxyl groups excluding tert-OH is 1. The van der Waals surface area contributed by atoms with Crippen LogP contribution >= 0.6 is 11.3 Å². The highest BCUT2D eigenvalue weighted by Crippen LogP contribution is 2.38. The Morgan fingerprint density at radius 1 is 1.39 bits per heavy atom. The van der Waals surface area contributed by atoms with Crippen LogP contribution in [-0.2, 0) is 6.18 Å². The van der Waals surface area contributed by atoms with Gasteiger partial charge in [0.05, 0.1) is 9.75 Å². The van der Waals surface area contributed by atoms with Gasteiger partial charge in [-0.15, -0.1) is 11.3 Å². The number of thiophene rings is 1. The molecule has 0 spiro atoms. The minimum atomic E-state index is -4.59. The van der Waals surface area contributed by atoms with Crippen molar-refractivity contribution in [3.05, 3.63) is 28.3 Å². The van der Waals surface area contributed by atoms with Crippen LogP contribution in [0.1, 0.15) is 53.1 Å². The number of piperidine rings is 1. The van der Waals surface area contributed by atoms with Gasteiger partial charge in [-0.3, -0.25) is 4.79 Å². The number of amides is 1. The summed E-state index contributed by atoms with van der Waals surface area (Å²) in [6.07, 6.45) is 0.117. The molecule has 2 aromatic heterocycles. The van der Waals surface area contributed by atoms with Gasteiger partial charge in [0.25, 0.3) is 5.91 Å². The predicted molar refractivity (Wildman–Crippen MR) is 99.1 cm³/mol. The van der Waals surface area contributed by atoms with Crippen molar-refractivity contribution in [2.75, 3.05) is 19.7 Å². The Hall–Kier alpha value is -1.87. The van der Waals surface area contributed by atoms with E-state index >= 15 is 0 Å². The highest BCUT2D eigenvalue weighted by molar-refractivity contribution is 7.17. The molecule has 5 nitrogen and oxygen atoms in total. The van der Waals surface area contributed by atoms with E-state index in [1.54, 1.807) is 12.1 Å². The molecule has 1 aliphatic rings. The Bertz CT molecular complexity index is 816. The molecule has 0 radical (unpaired) electrons. The van der Waals surface area contributed by atoms with Gasteiger partial charge in [-0.1, -0.05) is 11.6 Å². The molecule has 3 heterocycles. The molecule has 2 aromatic rings. The molecule has 9 heteroatoms. The third-order valence-corrected chi connectivity index (χ3v) is 6.14. The van der Waals surface area contributed by atoms with Gasteiger partial charge in [-0.05, 0) is 50.7 Å². The summed E-state index contributed by atoms with van der Waals surface area (Å²) in [7, 11) is 0. The standard InChI is InChI=1S/C19H23F3N2O3S/c1-12-16(23-27-17(12)19(20,21)22)14-7-8-15(28-14)18(26)24-9-4-6-13(11-24)5-2-3-10-25/h7-8,13,25H,2-6,9-11H2,1H3. The Labute approximate surface area is 165 Å². The highest BCUT2D eigenvalue weighted by atomic mass is 32.1. The lowest BCUT2D eigenvalue weighted by molar-refractivity contribution is -0.156. The first-order chi connectivity index (χ1) is 13.3. The van der Waals surface area contributed by atoms with Crippen molar-refractivity contribution >= 4 is 17.2 Å². The first-order valence-electron chi connectivity index (χ1n) is 9.35. The van der Waals surface area contributed by atoms with Crippen LogP contribution < -0.4 is 0 Å². The normalized spacial score (nSPS) is 17.9. The molecule has 28 heavy (non-hydrogen) atoms. The molecule has 0 saturated carbocycles. The van der Waals surface area contributed by atoms with Crippen LogP contribution in [0.5, 0.6) is 0 Å². The van der Waals surface area contributed by atoms with Crippen LogP contribution in [0.4, 0.5) is 13.2 Å². The molecule has 0 aliphatic carbocycles. The number of unbranched alkanes of at least 4 members (excludes halogenated alkanes) is 1. The molecule has 1 atom stereocenters. The SMILES string of the molecule is Cc1c(-c2ccc(C(=O)N3CCCC(CCCCO)C3)s2)noc1C(F)(F)F. The van der Waals surface area contributed by atoms with Crippen molar-refractivity contribution in [1.82, 2.24) is 10.1 Å². The summed E-state index contributed by atoms with van der Waals surface area (Å²) in [5.41, 5.74) is 0.0483. The molecule has 1 amide bonds. The first kappa shape index (κ1) is 20.9. The van der Waals surface area contributed by atoms with E-state index in [0.717, 1.165) is 43.4 Å². The average Bonchev–Trinajstić information content (AvgIpc) is 3.28. The predicted octanol–water partition coefficient (Wildman–Crippen LogP) is 4.75. The fraction of sp³-hybridized carbons (Fsp3) is 0.579. The van der Waals surface area contributed by atoms with E-state index in [2.05, 4.69) is 9.68 Å². The molecule has 0 bridgehead atoms. The molecule has 1 N–H and O–H groups in total. The summed E-state index contributed by atoms with van der Waals surface area (Å²) in [6.45, 7) is 2.87. The number of carbonyl (C=O) groups excluding carboxylic acids is 1. The fourth-order valence-electron chi connectivity index (χ4n) is 3.60. The highest BCUT2D eigenvalue weighted by Gasteiger charge is 2.39. The van der Waals surface area contributed by atoms with Crippen LogP contribution in [0.2, 0.25) is 0 Å². The van der Waals surface area contributed by atoms with E-state index in [-0.39, 0.29) is 23.8 Å². The Morgan fingerprint density at radius 2 is 2.18 bits per heavy atom. The molecule has 3 rings (SSSR count). The number of carbonyl (C=O) groups is 1. The van der Waals surface area contributed by atoms with Crippen LogP contribution in [0.15, 0.2) is 16.7 Å². The quantitative estimate of drug-likeness (QED) is 0.691. The summed E-state index contributed by atoms with van der Waals surface area (Å²) < 4.78 is 43.2. The monoisotopic (exact) mass is 416 g/mol. The number of halogens is 3. The minimum absolute atomic E-state index is 0.0738. The fourth-order valence-corrected chi connectivity index (χ4v) is 4.61. The van der Waals surface area contributed by atoms with Crippen LogP contribution in [0.3, 0.4) is 0 Å². The maximum atomic E-state index is 12.9. The minimum Gasteiger partial charge on any atom is -0.396 e. The summed E-state index contributed by atoms with van der Waals surface area (Å²) in [4.78, 5) is 15.6. The van der Waals surface area contributed by atoms with Crippen molar-refractivity contribution in [2.45, 2.75) is 45.2 Å². The van der Waals surface area contributed by atoms with Crippen LogP contribution in [0, 0.1) is 12.8 Å². The van der Waals surface area contributed by atoms with Crippen LogP contribution in [0.25, 0.3) is 10.6 Å². The van der Waals surface area contributed by atoms with Crippen molar-refractivity contribution < 1.29 is 27.6 Å². The lowest BCUT2D eigenvalue weighted by atomic mass is 9.92. The number of nitrogens with zero attached hydrogens (tertiary/aromatic N) is 2. The van der Waals surface area contributed by atoms with E-state index in [1.807, 2.05) is 4.90 Å². The van der Waals surface area contributed by atoms with Crippen molar-refractivity contribution in [3.63, 3.8) is 0 Å². The molecule has 1 aliphatic heterocycles. The van der Waals surface area contributed by atoms with Crippen molar-refractivity contribution in [1.29, 1.82) is 0 Å². The summed E-state index contributed by atoms with van der Waals surface area (Å²) in [5, 5.41) is 12.5. The zero-order valence-corrected chi connectivity index (χ0v) is 16.4. The van der Waals surface area contributed by atoms with E-state index in [4.69, 9.17) is 5.11 Å². The van der Waals surface area contributed by atoms with Gasteiger partial charge in [0, 0.05) is 25.3 Å². The first-order valence-corrected chi connectivity index (χ1v) is 10.2. The largest absolute Gasteiger partial charge is 0.452 e. The molecule has 0 aromatic carbocycles. The number of aromatic nitrogens is 1. The average molecular weight is 416 g/mol. The molecule has 1 saturated heterocycles. The molecule has 1 unspecified atom stereocenters. The van der Waals surface area contributed by atoms with E-state index in [1.165, 1.54) is 6.92 Å². The second kappa shape index (κ2) is 8.65. The van der Waals surface area contributed by atoms with Gasteiger partial charge in [0.15, 0.2) is 0 Å². The lowest BCUT2D eigenvalue weighted by Crippen LogP contribution is -2.39. The van der Waals surface area contributed by atoms with Gasteiger partial charge >= 0.3 is 6.18 Å². The van der Waals surface area contributed by atoms with E-state index in [0.29, 0.717) is 28.8 Å². The zero-order chi connectivity index (χ0) is 20.3. The topological polar surface area (TPSA) is 66.6 Å². The van der Waals surface area contributed by atoms with Gasteiger partial charge in [-0.25, -0.2) is 0 Å². The summed E-state index contributed by atoms with van der Waals surface area (Å²) in [5.74, 6) is -0.776. The van der Waals surface area contributed by atoms with Crippen molar-refractivity contribution in [2.24, 2.45) is 5.92 Å². The maximum absolute atomic E-state index is 12.9. The summed E-state index contributed by atoms with van der Waals surface area (Å²) in [6, 6.07) is 3.25.